The fourth-order valence-corrected chi connectivity index (χ4v) is 4.77. The first-order chi connectivity index (χ1) is 17.6. The van der Waals surface area contributed by atoms with Crippen molar-refractivity contribution in [3.05, 3.63) is 59.2 Å². The number of carbonyl (C=O) groups is 1. The van der Waals surface area contributed by atoms with Gasteiger partial charge in [-0.1, -0.05) is 13.0 Å². The van der Waals surface area contributed by atoms with Crippen LogP contribution in [-0.4, -0.2) is 45.7 Å². The molecule has 3 aromatic rings. The molecule has 1 aliphatic heterocycles. The van der Waals surface area contributed by atoms with Gasteiger partial charge >= 0.3 is 0 Å². The van der Waals surface area contributed by atoms with E-state index < -0.39 is 18.5 Å². The molecule has 0 radical (unpaired) electrons. The summed E-state index contributed by atoms with van der Waals surface area (Å²) in [5.74, 6) is 0.270. The van der Waals surface area contributed by atoms with Crippen LogP contribution in [0.5, 0.6) is 5.88 Å². The highest BCUT2D eigenvalue weighted by Gasteiger charge is 2.47. The fourth-order valence-electron chi connectivity index (χ4n) is 4.77. The van der Waals surface area contributed by atoms with Gasteiger partial charge in [0.05, 0.1) is 47.0 Å². The molecule has 0 spiro atoms. The summed E-state index contributed by atoms with van der Waals surface area (Å²) in [6.45, 7) is 9.96. The SMILES string of the molecule is CC/C=C(\NCC)c1cc(-c2cc(C)c3c(n2)C(C)(C)N(c2cnn(CC(F)F)c2)C3=O)cnc1OC. The van der Waals surface area contributed by atoms with E-state index in [1.807, 2.05) is 39.8 Å². The molecule has 4 heterocycles. The van der Waals surface area contributed by atoms with Crippen LogP contribution in [0.3, 0.4) is 0 Å². The molecule has 0 fully saturated rings. The molecule has 37 heavy (non-hydrogen) atoms. The van der Waals surface area contributed by atoms with Crippen molar-refractivity contribution < 1.29 is 18.3 Å². The largest absolute Gasteiger partial charge is 0.481 e. The molecule has 0 unspecified atom stereocenters. The van der Waals surface area contributed by atoms with Crippen LogP contribution in [0.1, 0.15) is 61.3 Å². The predicted octanol–water partition coefficient (Wildman–Crippen LogP) is 5.18. The molecule has 8 nitrogen and oxygen atoms in total. The van der Waals surface area contributed by atoms with Crippen LogP contribution < -0.4 is 15.0 Å². The van der Waals surface area contributed by atoms with Gasteiger partial charge in [0.2, 0.25) is 5.88 Å². The van der Waals surface area contributed by atoms with Gasteiger partial charge in [0, 0.05) is 30.2 Å². The number of methoxy groups -OCH3 is 1. The number of rotatable bonds is 9. The number of hydrogen-bond acceptors (Lipinski definition) is 6. The van der Waals surface area contributed by atoms with Crippen LogP contribution in [0, 0.1) is 6.92 Å². The Morgan fingerprint density at radius 2 is 2.00 bits per heavy atom. The highest BCUT2D eigenvalue weighted by Crippen LogP contribution is 2.43. The molecule has 0 saturated heterocycles. The number of pyridine rings is 2. The summed E-state index contributed by atoms with van der Waals surface area (Å²) < 4.78 is 32.4. The van der Waals surface area contributed by atoms with Crippen molar-refractivity contribution >= 4 is 17.3 Å². The highest BCUT2D eigenvalue weighted by molar-refractivity contribution is 6.12. The minimum atomic E-state index is -2.54. The van der Waals surface area contributed by atoms with Crippen LogP contribution in [0.15, 0.2) is 36.8 Å². The van der Waals surface area contributed by atoms with E-state index in [4.69, 9.17) is 9.72 Å². The fraction of sp³-hybridized carbons (Fsp3) is 0.407. The van der Waals surface area contributed by atoms with Gasteiger partial charge in [-0.3, -0.25) is 14.4 Å². The Labute approximate surface area is 215 Å². The number of alkyl halides is 2. The molecule has 0 saturated carbocycles. The number of anilines is 1. The summed E-state index contributed by atoms with van der Waals surface area (Å²) in [6, 6.07) is 3.86. The van der Waals surface area contributed by atoms with E-state index in [0.717, 1.165) is 40.0 Å². The van der Waals surface area contributed by atoms with Gasteiger partial charge in [-0.15, -0.1) is 0 Å². The average Bonchev–Trinajstić information content (AvgIpc) is 3.37. The average molecular weight is 511 g/mol. The minimum Gasteiger partial charge on any atom is -0.481 e. The van der Waals surface area contributed by atoms with E-state index in [1.54, 1.807) is 18.2 Å². The lowest BCUT2D eigenvalue weighted by Crippen LogP contribution is -2.39. The summed E-state index contributed by atoms with van der Waals surface area (Å²) in [6.07, 6.45) is 5.00. The third-order valence-corrected chi connectivity index (χ3v) is 6.38. The Hall–Kier alpha value is -3.82. The zero-order chi connectivity index (χ0) is 26.9. The number of nitrogens with one attached hydrogen (secondary N) is 1. The van der Waals surface area contributed by atoms with E-state index in [-0.39, 0.29) is 5.91 Å². The number of aryl methyl sites for hydroxylation is 1. The number of fused-ring (bicyclic) bond motifs is 1. The predicted molar refractivity (Wildman–Crippen MR) is 139 cm³/mol. The Balaban J connectivity index is 1.79. The molecule has 1 amide bonds. The zero-order valence-electron chi connectivity index (χ0n) is 22.0. The van der Waals surface area contributed by atoms with Crippen LogP contribution >= 0.6 is 0 Å². The molecule has 0 aromatic carbocycles. The monoisotopic (exact) mass is 510 g/mol. The lowest BCUT2D eigenvalue weighted by atomic mass is 9.95. The minimum absolute atomic E-state index is 0.234. The Bertz CT molecular complexity index is 1350. The van der Waals surface area contributed by atoms with Crippen molar-refractivity contribution in [2.24, 2.45) is 0 Å². The lowest BCUT2D eigenvalue weighted by molar-refractivity contribution is 0.0981. The number of hydrogen-bond donors (Lipinski definition) is 1. The van der Waals surface area contributed by atoms with Gasteiger partial charge in [0.15, 0.2) is 0 Å². The Morgan fingerprint density at radius 1 is 1.24 bits per heavy atom. The van der Waals surface area contributed by atoms with E-state index in [0.29, 0.717) is 28.5 Å². The normalized spacial score (nSPS) is 14.9. The topological polar surface area (TPSA) is 85.2 Å². The smallest absolute Gasteiger partial charge is 0.261 e. The number of allylic oxidation sites excluding steroid dienone is 1. The number of aromatic nitrogens is 4. The molecule has 0 bridgehead atoms. The zero-order valence-corrected chi connectivity index (χ0v) is 22.0. The van der Waals surface area contributed by atoms with Gasteiger partial charge in [-0.25, -0.2) is 18.7 Å². The summed E-state index contributed by atoms with van der Waals surface area (Å²) in [5.41, 5.74) is 4.73. The first-order valence-corrected chi connectivity index (χ1v) is 12.3. The van der Waals surface area contributed by atoms with Gasteiger partial charge in [0.1, 0.15) is 6.54 Å². The maximum Gasteiger partial charge on any atom is 0.261 e. The molecule has 1 N–H and O–H groups in total. The summed E-state index contributed by atoms with van der Waals surface area (Å²) >= 11 is 0. The quantitative estimate of drug-likeness (QED) is 0.427. The molecule has 0 aliphatic carbocycles. The second kappa shape index (κ2) is 10.3. The summed E-state index contributed by atoms with van der Waals surface area (Å²) in [4.78, 5) is 24.6. The first kappa shape index (κ1) is 26.2. The summed E-state index contributed by atoms with van der Waals surface area (Å²) in [7, 11) is 1.59. The molecule has 3 aromatic heterocycles. The molecular weight excluding hydrogens is 478 g/mol. The Morgan fingerprint density at radius 3 is 2.65 bits per heavy atom. The van der Waals surface area contributed by atoms with Crippen molar-refractivity contribution in [1.82, 2.24) is 25.1 Å². The summed E-state index contributed by atoms with van der Waals surface area (Å²) in [5, 5.41) is 7.39. The van der Waals surface area contributed by atoms with Crippen LogP contribution in [-0.2, 0) is 12.1 Å². The first-order valence-electron chi connectivity index (χ1n) is 12.3. The number of amides is 1. The molecule has 196 valence electrons. The van der Waals surface area contributed by atoms with Gasteiger partial charge < -0.3 is 10.1 Å². The third kappa shape index (κ3) is 4.80. The van der Waals surface area contributed by atoms with Crippen molar-refractivity contribution in [1.29, 1.82) is 0 Å². The van der Waals surface area contributed by atoms with E-state index >= 15 is 0 Å². The standard InChI is InChI=1S/C27H32F2N6O2/c1-7-9-20(30-8-2)19-11-17(12-31-25(19)37-6)21-10-16(3)23-24(33-21)27(4,5)35(26(23)36)18-13-32-34(14-18)15-22(28)29/h9-14,22,30H,7-8,15H2,1-6H3/b20-9-. The van der Waals surface area contributed by atoms with Crippen LogP contribution in [0.4, 0.5) is 14.5 Å². The number of nitrogens with zero attached hydrogens (tertiary/aromatic N) is 5. The number of ether oxygens (including phenoxy) is 1. The van der Waals surface area contributed by atoms with Crippen molar-refractivity contribution in [2.45, 2.75) is 59.5 Å². The van der Waals surface area contributed by atoms with E-state index in [9.17, 15) is 13.6 Å². The number of carbonyl (C=O) groups excluding carboxylic acids is 1. The second-order valence-corrected chi connectivity index (χ2v) is 9.40. The highest BCUT2D eigenvalue weighted by atomic mass is 19.3. The molecule has 10 heteroatoms. The van der Waals surface area contributed by atoms with Gasteiger partial charge in [-0.2, -0.15) is 5.10 Å². The molecular formula is C27H32F2N6O2. The third-order valence-electron chi connectivity index (χ3n) is 6.38. The second-order valence-electron chi connectivity index (χ2n) is 9.40. The maximum absolute atomic E-state index is 13.5. The van der Waals surface area contributed by atoms with Crippen molar-refractivity contribution in [3.63, 3.8) is 0 Å². The molecule has 4 rings (SSSR count). The van der Waals surface area contributed by atoms with Crippen molar-refractivity contribution in [2.75, 3.05) is 18.6 Å². The van der Waals surface area contributed by atoms with Gasteiger partial charge in [-0.05, 0) is 51.8 Å². The van der Waals surface area contributed by atoms with E-state index in [2.05, 4.69) is 28.4 Å². The molecule has 1 aliphatic rings. The molecule has 0 atom stereocenters. The lowest BCUT2D eigenvalue weighted by Gasteiger charge is -2.30. The maximum atomic E-state index is 13.5. The number of halogens is 2. The van der Waals surface area contributed by atoms with Crippen LogP contribution in [0.2, 0.25) is 0 Å². The van der Waals surface area contributed by atoms with E-state index in [1.165, 1.54) is 12.4 Å². The van der Waals surface area contributed by atoms with Gasteiger partial charge in [0.25, 0.3) is 12.3 Å². The Kier molecular flexibility index (Phi) is 7.29. The van der Waals surface area contributed by atoms with Crippen LogP contribution in [0.25, 0.3) is 17.0 Å². The van der Waals surface area contributed by atoms with Crippen molar-refractivity contribution in [3.8, 4) is 17.1 Å².